The van der Waals surface area contributed by atoms with Crippen LogP contribution in [0, 0.1) is 0 Å². The van der Waals surface area contributed by atoms with Crippen molar-refractivity contribution in [3.05, 3.63) is 39.8 Å². The number of fused-ring (bicyclic) bond motifs is 1. The Kier molecular flexibility index (Phi) is 4.51. The van der Waals surface area contributed by atoms with E-state index in [-0.39, 0.29) is 0 Å². The molecule has 5 heteroatoms. The lowest BCUT2D eigenvalue weighted by Crippen LogP contribution is -2.34. The van der Waals surface area contributed by atoms with Crippen LogP contribution < -0.4 is 10.2 Å². The molecule has 0 saturated heterocycles. The maximum absolute atomic E-state index is 4.57. The summed E-state index contributed by atoms with van der Waals surface area (Å²) in [5.74, 6) is 0.846. The van der Waals surface area contributed by atoms with E-state index < -0.39 is 0 Å². The highest BCUT2D eigenvalue weighted by atomic mass is 32.1. The first kappa shape index (κ1) is 14.5. The minimum absolute atomic E-state index is 0.365. The van der Waals surface area contributed by atoms with Crippen molar-refractivity contribution in [1.82, 2.24) is 15.3 Å². The molecular weight excluding hydrogens is 280 g/mol. The summed E-state index contributed by atoms with van der Waals surface area (Å²) in [6, 6.07) is 2.60. The van der Waals surface area contributed by atoms with Crippen molar-refractivity contribution < 1.29 is 0 Å². The van der Waals surface area contributed by atoms with E-state index in [1.54, 1.807) is 0 Å². The maximum Gasteiger partial charge on any atom is 0.225 e. The first-order chi connectivity index (χ1) is 10.3. The second kappa shape index (κ2) is 6.54. The van der Waals surface area contributed by atoms with Crippen molar-refractivity contribution in [1.29, 1.82) is 0 Å². The molecule has 0 aliphatic carbocycles. The summed E-state index contributed by atoms with van der Waals surface area (Å²) in [6.07, 6.45) is 6.13. The zero-order valence-electron chi connectivity index (χ0n) is 12.7. The van der Waals surface area contributed by atoms with Crippen LogP contribution in [0.15, 0.2) is 23.8 Å². The van der Waals surface area contributed by atoms with E-state index in [1.165, 1.54) is 10.4 Å². The van der Waals surface area contributed by atoms with Gasteiger partial charge in [0.1, 0.15) is 0 Å². The summed E-state index contributed by atoms with van der Waals surface area (Å²) >= 11 is 1.86. The maximum atomic E-state index is 4.57. The van der Waals surface area contributed by atoms with E-state index >= 15 is 0 Å². The van der Waals surface area contributed by atoms with Crippen molar-refractivity contribution in [2.75, 3.05) is 18.0 Å². The van der Waals surface area contributed by atoms with Crippen LogP contribution in [0.5, 0.6) is 0 Å². The molecule has 1 atom stereocenters. The zero-order chi connectivity index (χ0) is 14.7. The van der Waals surface area contributed by atoms with E-state index in [1.807, 2.05) is 23.7 Å². The molecule has 1 N–H and O–H groups in total. The van der Waals surface area contributed by atoms with Gasteiger partial charge in [0.05, 0.1) is 6.04 Å². The van der Waals surface area contributed by atoms with Crippen LogP contribution in [-0.4, -0.2) is 23.1 Å². The fourth-order valence-electron chi connectivity index (χ4n) is 2.78. The Morgan fingerprint density at radius 2 is 2.19 bits per heavy atom. The van der Waals surface area contributed by atoms with Gasteiger partial charge in [-0.3, -0.25) is 0 Å². The Morgan fingerprint density at radius 1 is 1.38 bits per heavy atom. The van der Waals surface area contributed by atoms with Crippen LogP contribution in [0.3, 0.4) is 0 Å². The van der Waals surface area contributed by atoms with Gasteiger partial charge in [-0.05, 0) is 43.3 Å². The third kappa shape index (κ3) is 3.09. The lowest BCUT2D eigenvalue weighted by atomic mass is 10.0. The molecule has 2 aromatic rings. The standard InChI is InChI=1S/C16H22N4S/c1-3-6-17-9-13-10-18-16(19-11-13)20-7-4-15-14(12(20)2)5-8-21-15/h5,8,10-12,17H,3-4,6-7,9H2,1-2H3. The Morgan fingerprint density at radius 3 is 2.95 bits per heavy atom. The number of aromatic nitrogens is 2. The predicted octanol–water partition coefficient (Wildman–Crippen LogP) is 3.16. The number of anilines is 1. The van der Waals surface area contributed by atoms with Crippen LogP contribution in [-0.2, 0) is 13.0 Å². The Balaban J connectivity index is 1.70. The van der Waals surface area contributed by atoms with Gasteiger partial charge >= 0.3 is 0 Å². The molecule has 0 amide bonds. The van der Waals surface area contributed by atoms with Gasteiger partial charge in [0.15, 0.2) is 0 Å². The number of hydrogen-bond acceptors (Lipinski definition) is 5. The van der Waals surface area contributed by atoms with Gasteiger partial charge in [-0.1, -0.05) is 6.92 Å². The van der Waals surface area contributed by atoms with Crippen LogP contribution in [0.2, 0.25) is 0 Å². The molecule has 0 aromatic carbocycles. The summed E-state index contributed by atoms with van der Waals surface area (Å²) in [7, 11) is 0. The van der Waals surface area contributed by atoms with Crippen molar-refractivity contribution >= 4 is 17.3 Å². The molecular formula is C16H22N4S. The summed E-state index contributed by atoms with van der Waals surface area (Å²) in [5.41, 5.74) is 2.58. The van der Waals surface area contributed by atoms with Crippen LogP contribution in [0.4, 0.5) is 5.95 Å². The molecule has 0 spiro atoms. The fourth-order valence-corrected chi connectivity index (χ4v) is 3.74. The van der Waals surface area contributed by atoms with Crippen molar-refractivity contribution in [2.45, 2.75) is 39.3 Å². The minimum Gasteiger partial charge on any atom is -0.334 e. The normalized spacial score (nSPS) is 17.8. The minimum atomic E-state index is 0.365. The quantitative estimate of drug-likeness (QED) is 0.861. The number of nitrogens with zero attached hydrogens (tertiary/aromatic N) is 3. The highest BCUT2D eigenvalue weighted by Gasteiger charge is 2.26. The van der Waals surface area contributed by atoms with Crippen LogP contribution in [0.1, 0.15) is 42.3 Å². The number of hydrogen-bond donors (Lipinski definition) is 1. The smallest absolute Gasteiger partial charge is 0.225 e. The molecule has 2 aromatic heterocycles. The van der Waals surface area contributed by atoms with E-state index in [0.717, 1.165) is 44.0 Å². The summed E-state index contributed by atoms with van der Waals surface area (Å²) in [6.45, 7) is 7.29. The SMILES string of the molecule is CCCNCc1cnc(N2CCc3sccc3C2C)nc1. The Labute approximate surface area is 130 Å². The topological polar surface area (TPSA) is 41.1 Å². The molecule has 3 rings (SSSR count). The van der Waals surface area contributed by atoms with Gasteiger partial charge in [-0.25, -0.2) is 9.97 Å². The van der Waals surface area contributed by atoms with Crippen molar-refractivity contribution in [2.24, 2.45) is 0 Å². The largest absolute Gasteiger partial charge is 0.334 e. The molecule has 1 aliphatic heterocycles. The summed E-state index contributed by atoms with van der Waals surface area (Å²) in [4.78, 5) is 13.0. The highest BCUT2D eigenvalue weighted by molar-refractivity contribution is 7.10. The lowest BCUT2D eigenvalue weighted by molar-refractivity contribution is 0.613. The number of thiophene rings is 1. The third-order valence-electron chi connectivity index (χ3n) is 3.98. The second-order valence-electron chi connectivity index (χ2n) is 5.49. The van der Waals surface area contributed by atoms with Gasteiger partial charge < -0.3 is 10.2 Å². The first-order valence-electron chi connectivity index (χ1n) is 7.64. The van der Waals surface area contributed by atoms with E-state index in [4.69, 9.17) is 0 Å². The third-order valence-corrected chi connectivity index (χ3v) is 4.98. The monoisotopic (exact) mass is 302 g/mol. The molecule has 4 nitrogen and oxygen atoms in total. The second-order valence-corrected chi connectivity index (χ2v) is 6.49. The molecule has 1 unspecified atom stereocenters. The van der Waals surface area contributed by atoms with E-state index in [9.17, 15) is 0 Å². The Hall–Kier alpha value is -1.46. The molecule has 0 saturated carbocycles. The van der Waals surface area contributed by atoms with Gasteiger partial charge in [0.2, 0.25) is 5.95 Å². The predicted molar refractivity (Wildman–Crippen MR) is 87.8 cm³/mol. The fraction of sp³-hybridized carbons (Fsp3) is 0.500. The average Bonchev–Trinajstić information content (AvgIpc) is 2.98. The molecule has 0 bridgehead atoms. The molecule has 0 fully saturated rings. The van der Waals surface area contributed by atoms with Gasteiger partial charge in [-0.15, -0.1) is 11.3 Å². The Bertz CT molecular complexity index is 578. The summed E-state index contributed by atoms with van der Waals surface area (Å²) in [5, 5.41) is 5.56. The molecule has 112 valence electrons. The lowest BCUT2D eigenvalue weighted by Gasteiger charge is -2.33. The van der Waals surface area contributed by atoms with E-state index in [0.29, 0.717) is 6.04 Å². The zero-order valence-corrected chi connectivity index (χ0v) is 13.5. The van der Waals surface area contributed by atoms with Gasteiger partial charge in [-0.2, -0.15) is 0 Å². The average molecular weight is 302 g/mol. The molecule has 3 heterocycles. The molecule has 1 aliphatic rings. The van der Waals surface area contributed by atoms with Crippen LogP contribution >= 0.6 is 11.3 Å². The summed E-state index contributed by atoms with van der Waals surface area (Å²) < 4.78 is 0. The van der Waals surface area contributed by atoms with Crippen molar-refractivity contribution in [3.63, 3.8) is 0 Å². The van der Waals surface area contributed by atoms with Gasteiger partial charge in [0.25, 0.3) is 0 Å². The molecule has 21 heavy (non-hydrogen) atoms. The highest BCUT2D eigenvalue weighted by Crippen LogP contribution is 2.34. The molecule has 0 radical (unpaired) electrons. The van der Waals surface area contributed by atoms with Gasteiger partial charge in [0, 0.05) is 35.9 Å². The van der Waals surface area contributed by atoms with E-state index in [2.05, 4.69) is 45.5 Å². The van der Waals surface area contributed by atoms with Crippen LogP contribution in [0.25, 0.3) is 0 Å². The number of nitrogens with one attached hydrogen (secondary N) is 1. The first-order valence-corrected chi connectivity index (χ1v) is 8.52. The number of rotatable bonds is 5. The van der Waals surface area contributed by atoms with Crippen molar-refractivity contribution in [3.8, 4) is 0 Å².